The first-order valence-corrected chi connectivity index (χ1v) is 7.79. The van der Waals surface area contributed by atoms with Gasteiger partial charge in [-0.05, 0) is 34.5 Å². The molecule has 0 unspecified atom stereocenters. The van der Waals surface area contributed by atoms with Crippen molar-refractivity contribution in [1.29, 1.82) is 0 Å². The SMILES string of the molecule is COc1ccc2cc([C@@H]3CN(CCC(=O)O)CCO3)ccc2c1. The van der Waals surface area contributed by atoms with E-state index in [-0.39, 0.29) is 12.5 Å². The molecule has 5 heteroatoms. The highest BCUT2D eigenvalue weighted by Crippen LogP contribution is 2.27. The Morgan fingerprint density at radius 2 is 2.09 bits per heavy atom. The maximum Gasteiger partial charge on any atom is 0.304 e. The van der Waals surface area contributed by atoms with Crippen LogP contribution in [-0.4, -0.2) is 49.3 Å². The molecule has 1 fully saturated rings. The van der Waals surface area contributed by atoms with Gasteiger partial charge in [-0.25, -0.2) is 0 Å². The zero-order valence-corrected chi connectivity index (χ0v) is 13.2. The Bertz CT molecular complexity index is 700. The van der Waals surface area contributed by atoms with Crippen LogP contribution in [-0.2, 0) is 9.53 Å². The predicted octanol–water partition coefficient (Wildman–Crippen LogP) is 2.70. The molecular formula is C18H21NO4. The summed E-state index contributed by atoms with van der Waals surface area (Å²) in [6, 6.07) is 12.3. The van der Waals surface area contributed by atoms with Crippen LogP contribution in [0.2, 0.25) is 0 Å². The van der Waals surface area contributed by atoms with Crippen LogP contribution in [0.3, 0.4) is 0 Å². The minimum Gasteiger partial charge on any atom is -0.497 e. The monoisotopic (exact) mass is 315 g/mol. The van der Waals surface area contributed by atoms with Gasteiger partial charge in [0.25, 0.3) is 0 Å². The second kappa shape index (κ2) is 6.98. The van der Waals surface area contributed by atoms with E-state index >= 15 is 0 Å². The van der Waals surface area contributed by atoms with Gasteiger partial charge < -0.3 is 14.6 Å². The van der Waals surface area contributed by atoms with Crippen LogP contribution in [0, 0.1) is 0 Å². The molecule has 1 atom stereocenters. The summed E-state index contributed by atoms with van der Waals surface area (Å²) in [4.78, 5) is 12.9. The summed E-state index contributed by atoms with van der Waals surface area (Å²) >= 11 is 0. The van der Waals surface area contributed by atoms with E-state index in [1.165, 1.54) is 0 Å². The highest BCUT2D eigenvalue weighted by molar-refractivity contribution is 5.84. The number of carbonyl (C=O) groups is 1. The van der Waals surface area contributed by atoms with Gasteiger partial charge >= 0.3 is 5.97 Å². The van der Waals surface area contributed by atoms with Gasteiger partial charge in [-0.1, -0.05) is 18.2 Å². The van der Waals surface area contributed by atoms with E-state index in [0.29, 0.717) is 13.2 Å². The normalized spacial score (nSPS) is 18.9. The minimum absolute atomic E-state index is 0.0101. The molecule has 1 N–H and O–H groups in total. The van der Waals surface area contributed by atoms with Gasteiger partial charge in [0.15, 0.2) is 0 Å². The van der Waals surface area contributed by atoms with Crippen molar-refractivity contribution in [2.24, 2.45) is 0 Å². The Morgan fingerprint density at radius 3 is 2.87 bits per heavy atom. The lowest BCUT2D eigenvalue weighted by atomic mass is 10.0. The third kappa shape index (κ3) is 3.81. The number of aliphatic carboxylic acids is 1. The van der Waals surface area contributed by atoms with Gasteiger partial charge in [-0.15, -0.1) is 0 Å². The van der Waals surface area contributed by atoms with Crippen LogP contribution in [0.1, 0.15) is 18.1 Å². The molecule has 23 heavy (non-hydrogen) atoms. The first-order chi connectivity index (χ1) is 11.2. The number of nitrogens with zero attached hydrogens (tertiary/aromatic N) is 1. The number of rotatable bonds is 5. The topological polar surface area (TPSA) is 59.0 Å². The van der Waals surface area contributed by atoms with Crippen molar-refractivity contribution >= 4 is 16.7 Å². The van der Waals surface area contributed by atoms with Crippen LogP contribution in [0.25, 0.3) is 10.8 Å². The molecule has 1 heterocycles. The van der Waals surface area contributed by atoms with E-state index in [1.807, 2.05) is 18.2 Å². The molecule has 0 aromatic heterocycles. The summed E-state index contributed by atoms with van der Waals surface area (Å²) in [7, 11) is 1.66. The lowest BCUT2D eigenvalue weighted by molar-refractivity contribution is -0.137. The van der Waals surface area contributed by atoms with Crippen molar-refractivity contribution in [2.45, 2.75) is 12.5 Å². The highest BCUT2D eigenvalue weighted by atomic mass is 16.5. The largest absolute Gasteiger partial charge is 0.497 e. The van der Waals surface area contributed by atoms with E-state index in [2.05, 4.69) is 23.1 Å². The van der Waals surface area contributed by atoms with Gasteiger partial charge in [0.2, 0.25) is 0 Å². The Kier molecular flexibility index (Phi) is 4.79. The Morgan fingerprint density at radius 1 is 1.30 bits per heavy atom. The minimum atomic E-state index is -0.757. The van der Waals surface area contributed by atoms with Crippen molar-refractivity contribution in [3.63, 3.8) is 0 Å². The maximum atomic E-state index is 10.7. The zero-order valence-electron chi connectivity index (χ0n) is 13.2. The van der Waals surface area contributed by atoms with E-state index in [4.69, 9.17) is 14.6 Å². The second-order valence-electron chi connectivity index (χ2n) is 5.78. The van der Waals surface area contributed by atoms with Gasteiger partial charge in [-0.2, -0.15) is 0 Å². The van der Waals surface area contributed by atoms with E-state index in [0.717, 1.165) is 35.2 Å². The van der Waals surface area contributed by atoms with Crippen molar-refractivity contribution < 1.29 is 19.4 Å². The molecule has 0 bridgehead atoms. The summed E-state index contributed by atoms with van der Waals surface area (Å²) in [5.41, 5.74) is 1.13. The van der Waals surface area contributed by atoms with Gasteiger partial charge in [-0.3, -0.25) is 9.69 Å². The molecule has 1 aliphatic rings. The lowest BCUT2D eigenvalue weighted by Gasteiger charge is -2.33. The molecule has 5 nitrogen and oxygen atoms in total. The molecule has 0 aliphatic carbocycles. The van der Waals surface area contributed by atoms with E-state index in [1.54, 1.807) is 7.11 Å². The number of hydrogen-bond acceptors (Lipinski definition) is 4. The first-order valence-electron chi connectivity index (χ1n) is 7.79. The number of fused-ring (bicyclic) bond motifs is 1. The molecule has 122 valence electrons. The molecular weight excluding hydrogens is 294 g/mol. The molecule has 2 aromatic rings. The summed E-state index contributed by atoms with van der Waals surface area (Å²) in [6.07, 6.45) is 0.161. The fourth-order valence-corrected chi connectivity index (χ4v) is 2.93. The van der Waals surface area contributed by atoms with Crippen LogP contribution in [0.5, 0.6) is 5.75 Å². The summed E-state index contributed by atoms with van der Waals surface area (Å²) in [6.45, 7) is 2.72. The van der Waals surface area contributed by atoms with E-state index in [9.17, 15) is 4.79 Å². The molecule has 1 aliphatic heterocycles. The number of ether oxygens (including phenoxy) is 2. The van der Waals surface area contributed by atoms with Gasteiger partial charge in [0, 0.05) is 19.6 Å². The predicted molar refractivity (Wildman–Crippen MR) is 87.9 cm³/mol. The number of methoxy groups -OCH3 is 1. The van der Waals surface area contributed by atoms with Crippen LogP contribution >= 0.6 is 0 Å². The fraction of sp³-hybridized carbons (Fsp3) is 0.389. The van der Waals surface area contributed by atoms with Crippen LogP contribution < -0.4 is 4.74 Å². The zero-order chi connectivity index (χ0) is 16.2. The molecule has 0 saturated carbocycles. The summed E-state index contributed by atoms with van der Waals surface area (Å²) < 4.78 is 11.1. The number of morpholine rings is 1. The molecule has 2 aromatic carbocycles. The van der Waals surface area contributed by atoms with Crippen molar-refractivity contribution in [1.82, 2.24) is 4.90 Å². The van der Waals surface area contributed by atoms with Crippen LogP contribution in [0.4, 0.5) is 0 Å². The third-order valence-electron chi connectivity index (χ3n) is 4.24. The lowest BCUT2D eigenvalue weighted by Crippen LogP contribution is -2.39. The molecule has 0 radical (unpaired) electrons. The Balaban J connectivity index is 1.75. The number of hydrogen-bond donors (Lipinski definition) is 1. The maximum absolute atomic E-state index is 10.7. The summed E-state index contributed by atoms with van der Waals surface area (Å²) in [5.74, 6) is 0.0895. The fourth-order valence-electron chi connectivity index (χ4n) is 2.93. The molecule has 0 amide bonds. The van der Waals surface area contributed by atoms with Crippen molar-refractivity contribution in [2.75, 3.05) is 33.4 Å². The van der Waals surface area contributed by atoms with Gasteiger partial charge in [0.1, 0.15) is 5.75 Å². The first kappa shape index (κ1) is 15.8. The second-order valence-corrected chi connectivity index (χ2v) is 5.78. The summed E-state index contributed by atoms with van der Waals surface area (Å²) in [5, 5.41) is 11.1. The average Bonchev–Trinajstić information content (AvgIpc) is 2.59. The standard InChI is InChI=1S/C18H21NO4/c1-22-16-5-4-13-10-15(3-2-14(13)11-16)17-12-19(8-9-23-17)7-6-18(20)21/h2-5,10-11,17H,6-9,12H2,1H3,(H,20,21)/t17-/m0/s1. The number of carboxylic acid groups (broad SMARTS) is 1. The van der Waals surface area contributed by atoms with Crippen LogP contribution in [0.15, 0.2) is 36.4 Å². The van der Waals surface area contributed by atoms with Gasteiger partial charge in [0.05, 0.1) is 26.2 Å². The molecule has 1 saturated heterocycles. The smallest absolute Gasteiger partial charge is 0.304 e. The van der Waals surface area contributed by atoms with E-state index < -0.39 is 5.97 Å². The quantitative estimate of drug-likeness (QED) is 0.919. The molecule has 0 spiro atoms. The van der Waals surface area contributed by atoms with Crippen molar-refractivity contribution in [3.05, 3.63) is 42.0 Å². The average molecular weight is 315 g/mol. The Hall–Kier alpha value is -2.11. The third-order valence-corrected chi connectivity index (χ3v) is 4.24. The number of carboxylic acids is 1. The number of benzene rings is 2. The molecule has 3 rings (SSSR count). The highest BCUT2D eigenvalue weighted by Gasteiger charge is 2.22. The Labute approximate surface area is 135 Å². The van der Waals surface area contributed by atoms with Crippen molar-refractivity contribution in [3.8, 4) is 5.75 Å².